The Kier molecular flexibility index (Phi) is 6.61. The van der Waals surface area contributed by atoms with Gasteiger partial charge in [-0.15, -0.1) is 0 Å². The van der Waals surface area contributed by atoms with Crippen LogP contribution in [0, 0.1) is 13.8 Å². The predicted octanol–water partition coefficient (Wildman–Crippen LogP) is 2.67. The van der Waals surface area contributed by atoms with Crippen LogP contribution in [-0.4, -0.2) is 32.5 Å². The van der Waals surface area contributed by atoms with Gasteiger partial charge in [-0.1, -0.05) is 37.3 Å². The molecule has 7 heteroatoms. The number of rotatable bonds is 8. The van der Waals surface area contributed by atoms with Crippen LogP contribution in [-0.2, 0) is 19.6 Å². The number of aryl methyl sites for hydroxylation is 2. The van der Waals surface area contributed by atoms with E-state index in [0.29, 0.717) is 13.1 Å². The van der Waals surface area contributed by atoms with Gasteiger partial charge in [-0.25, -0.2) is 0 Å². The Morgan fingerprint density at radius 3 is 2.48 bits per heavy atom. The van der Waals surface area contributed by atoms with Crippen LogP contribution in [0.4, 0.5) is 0 Å². The molecule has 2 aromatic heterocycles. The molecular formula is C22H27N5O2. The summed E-state index contributed by atoms with van der Waals surface area (Å²) in [5.74, 6) is -0.394. The van der Waals surface area contributed by atoms with E-state index in [1.54, 1.807) is 12.1 Å². The van der Waals surface area contributed by atoms with Gasteiger partial charge in [0.2, 0.25) is 0 Å². The molecule has 0 saturated carbocycles. The van der Waals surface area contributed by atoms with Crippen molar-refractivity contribution < 1.29 is 4.79 Å². The number of carbonyl (C=O) groups excluding carboxylic acids is 1. The second-order valence-corrected chi connectivity index (χ2v) is 7.11. The highest BCUT2D eigenvalue weighted by molar-refractivity contribution is 5.93. The fraction of sp³-hybridized carbons (Fsp3) is 0.318. The molecule has 0 saturated heterocycles. The maximum atomic E-state index is 12.5. The number of hydrogen-bond donors (Lipinski definition) is 3. The number of carbonyl (C=O) groups is 1. The number of H-pyrrole nitrogens is 2. The summed E-state index contributed by atoms with van der Waals surface area (Å²) in [6.45, 7) is 8.45. The van der Waals surface area contributed by atoms with Crippen LogP contribution in [0.2, 0.25) is 0 Å². The predicted molar refractivity (Wildman–Crippen MR) is 113 cm³/mol. The van der Waals surface area contributed by atoms with Crippen LogP contribution in [0.15, 0.2) is 47.3 Å². The monoisotopic (exact) mass is 393 g/mol. The van der Waals surface area contributed by atoms with E-state index in [1.807, 2.05) is 32.0 Å². The molecule has 0 unspecified atom stereocenters. The first kappa shape index (κ1) is 20.5. The second kappa shape index (κ2) is 9.34. The molecule has 1 amide bonds. The quantitative estimate of drug-likeness (QED) is 0.548. The van der Waals surface area contributed by atoms with Crippen molar-refractivity contribution in [1.82, 2.24) is 25.4 Å². The maximum absolute atomic E-state index is 12.5. The summed E-state index contributed by atoms with van der Waals surface area (Å²) in [5, 5.41) is 9.80. The Balaban J connectivity index is 1.64. The van der Waals surface area contributed by atoms with E-state index in [0.717, 1.165) is 35.7 Å². The molecule has 2 heterocycles. The third-order valence-electron chi connectivity index (χ3n) is 5.01. The number of amides is 1. The molecule has 0 aliphatic carbocycles. The Bertz CT molecular complexity index is 1000. The first-order valence-electron chi connectivity index (χ1n) is 9.75. The number of nitrogens with one attached hydrogen (secondary N) is 3. The molecule has 152 valence electrons. The van der Waals surface area contributed by atoms with Gasteiger partial charge < -0.3 is 10.3 Å². The Morgan fingerprint density at radius 2 is 1.86 bits per heavy atom. The lowest BCUT2D eigenvalue weighted by Crippen LogP contribution is -2.31. The standard InChI is InChI=1S/C22H27N5O2/c1-4-27(13-17-8-6-5-7-9-17)14-18-10-11-19(22(29)24-18)21(28)23-12-20-15(2)25-26-16(20)3/h5-11H,4,12-14H2,1-3H3,(H,23,28)(H,24,29)(H,25,26). The van der Waals surface area contributed by atoms with Crippen molar-refractivity contribution >= 4 is 5.91 Å². The topological polar surface area (TPSA) is 93.9 Å². The Labute approximate surface area is 170 Å². The molecule has 0 aliphatic rings. The van der Waals surface area contributed by atoms with Crippen LogP contribution in [0.25, 0.3) is 0 Å². The maximum Gasteiger partial charge on any atom is 0.261 e. The number of aromatic nitrogens is 3. The van der Waals surface area contributed by atoms with Crippen molar-refractivity contribution in [2.75, 3.05) is 6.54 Å². The zero-order valence-electron chi connectivity index (χ0n) is 17.1. The van der Waals surface area contributed by atoms with Crippen molar-refractivity contribution in [3.8, 4) is 0 Å². The number of hydrogen-bond acceptors (Lipinski definition) is 4. The van der Waals surface area contributed by atoms with Crippen molar-refractivity contribution in [3.05, 3.63) is 86.6 Å². The molecule has 7 nitrogen and oxygen atoms in total. The minimum absolute atomic E-state index is 0.110. The molecular weight excluding hydrogens is 366 g/mol. The molecule has 0 spiro atoms. The summed E-state index contributed by atoms with van der Waals surface area (Å²) < 4.78 is 0. The molecule has 3 rings (SSSR count). The average molecular weight is 393 g/mol. The lowest BCUT2D eigenvalue weighted by molar-refractivity contribution is 0.0949. The Hall–Kier alpha value is -3.19. The normalized spacial score (nSPS) is 11.0. The van der Waals surface area contributed by atoms with Crippen LogP contribution >= 0.6 is 0 Å². The molecule has 0 bridgehead atoms. The molecule has 0 fully saturated rings. The number of aromatic amines is 2. The fourth-order valence-electron chi connectivity index (χ4n) is 3.25. The van der Waals surface area contributed by atoms with E-state index in [2.05, 4.69) is 44.5 Å². The minimum atomic E-state index is -0.394. The van der Waals surface area contributed by atoms with Gasteiger partial charge in [0, 0.05) is 36.6 Å². The van der Waals surface area contributed by atoms with Gasteiger partial charge in [0.05, 0.1) is 5.69 Å². The number of nitrogens with zero attached hydrogens (tertiary/aromatic N) is 2. The van der Waals surface area contributed by atoms with Gasteiger partial charge in [0.15, 0.2) is 0 Å². The minimum Gasteiger partial charge on any atom is -0.348 e. The lowest BCUT2D eigenvalue weighted by atomic mass is 10.2. The van der Waals surface area contributed by atoms with Gasteiger partial charge in [0.25, 0.3) is 11.5 Å². The Morgan fingerprint density at radius 1 is 1.10 bits per heavy atom. The van der Waals surface area contributed by atoms with E-state index >= 15 is 0 Å². The summed E-state index contributed by atoms with van der Waals surface area (Å²) in [7, 11) is 0. The van der Waals surface area contributed by atoms with Gasteiger partial charge in [0.1, 0.15) is 5.56 Å². The van der Waals surface area contributed by atoms with Crippen molar-refractivity contribution in [2.45, 2.75) is 40.4 Å². The molecule has 3 N–H and O–H groups in total. The molecule has 0 atom stereocenters. The van der Waals surface area contributed by atoms with E-state index in [4.69, 9.17) is 0 Å². The summed E-state index contributed by atoms with van der Waals surface area (Å²) in [5.41, 5.74) is 4.42. The van der Waals surface area contributed by atoms with Gasteiger partial charge >= 0.3 is 0 Å². The third kappa shape index (κ3) is 5.20. The molecule has 1 aromatic carbocycles. The van der Waals surface area contributed by atoms with Gasteiger partial charge in [-0.2, -0.15) is 5.10 Å². The van der Waals surface area contributed by atoms with E-state index in [1.165, 1.54) is 5.56 Å². The smallest absolute Gasteiger partial charge is 0.261 e. The lowest BCUT2D eigenvalue weighted by Gasteiger charge is -2.20. The van der Waals surface area contributed by atoms with Crippen molar-refractivity contribution in [3.63, 3.8) is 0 Å². The SMILES string of the molecule is CCN(Cc1ccccc1)Cc1ccc(C(=O)NCc2c(C)n[nH]c2C)c(=O)[nH]1. The first-order valence-corrected chi connectivity index (χ1v) is 9.75. The third-order valence-corrected chi connectivity index (χ3v) is 5.01. The summed E-state index contributed by atoms with van der Waals surface area (Å²) >= 11 is 0. The average Bonchev–Trinajstić information content (AvgIpc) is 3.04. The highest BCUT2D eigenvalue weighted by Gasteiger charge is 2.14. The van der Waals surface area contributed by atoms with Gasteiger partial charge in [-0.3, -0.25) is 19.6 Å². The van der Waals surface area contributed by atoms with Crippen LogP contribution < -0.4 is 10.9 Å². The zero-order valence-corrected chi connectivity index (χ0v) is 17.1. The summed E-state index contributed by atoms with van der Waals surface area (Å²) in [6, 6.07) is 13.6. The highest BCUT2D eigenvalue weighted by atomic mass is 16.2. The molecule has 0 radical (unpaired) electrons. The fourth-order valence-corrected chi connectivity index (χ4v) is 3.25. The number of benzene rings is 1. The summed E-state index contributed by atoms with van der Waals surface area (Å²) in [4.78, 5) is 30.0. The first-order chi connectivity index (χ1) is 14.0. The van der Waals surface area contributed by atoms with Crippen molar-refractivity contribution in [1.29, 1.82) is 0 Å². The van der Waals surface area contributed by atoms with Crippen LogP contribution in [0.3, 0.4) is 0 Å². The molecule has 29 heavy (non-hydrogen) atoms. The van der Waals surface area contributed by atoms with Crippen LogP contribution in [0.1, 0.15) is 45.5 Å². The highest BCUT2D eigenvalue weighted by Crippen LogP contribution is 2.10. The molecule has 0 aliphatic heterocycles. The van der Waals surface area contributed by atoms with Crippen LogP contribution in [0.5, 0.6) is 0 Å². The number of pyridine rings is 1. The summed E-state index contributed by atoms with van der Waals surface area (Å²) in [6.07, 6.45) is 0. The van der Waals surface area contributed by atoms with E-state index < -0.39 is 5.91 Å². The molecule has 3 aromatic rings. The van der Waals surface area contributed by atoms with Gasteiger partial charge in [-0.05, 0) is 38.1 Å². The van der Waals surface area contributed by atoms with Crippen molar-refractivity contribution in [2.24, 2.45) is 0 Å². The van der Waals surface area contributed by atoms with E-state index in [-0.39, 0.29) is 11.1 Å². The van der Waals surface area contributed by atoms with E-state index in [9.17, 15) is 9.59 Å². The zero-order chi connectivity index (χ0) is 20.8. The second-order valence-electron chi connectivity index (χ2n) is 7.11. The largest absolute Gasteiger partial charge is 0.348 e.